The van der Waals surface area contributed by atoms with Gasteiger partial charge in [0.05, 0.1) is 19.6 Å². The van der Waals surface area contributed by atoms with Gasteiger partial charge in [-0.3, -0.25) is 4.79 Å². The lowest BCUT2D eigenvalue weighted by Gasteiger charge is -2.08. The Balaban J connectivity index is 2.53. The molecule has 82 valence electrons. The molecule has 0 amide bonds. The fraction of sp³-hybridized carbons (Fsp3) is 0.364. The van der Waals surface area contributed by atoms with Gasteiger partial charge in [-0.25, -0.2) is 0 Å². The van der Waals surface area contributed by atoms with Crippen molar-refractivity contribution in [1.82, 2.24) is 0 Å². The number of aliphatic carboxylic acids is 1. The molecule has 1 rings (SSSR count). The van der Waals surface area contributed by atoms with Crippen LogP contribution in [-0.2, 0) is 11.2 Å². The minimum absolute atomic E-state index is 0.230. The molecule has 0 saturated carbocycles. The summed E-state index contributed by atoms with van der Waals surface area (Å²) in [5, 5.41) is 17.9. The van der Waals surface area contributed by atoms with E-state index in [0.29, 0.717) is 6.42 Å². The van der Waals surface area contributed by atoms with E-state index in [1.54, 1.807) is 19.2 Å². The van der Waals surface area contributed by atoms with E-state index in [-0.39, 0.29) is 6.42 Å². The van der Waals surface area contributed by atoms with Gasteiger partial charge < -0.3 is 14.9 Å². The van der Waals surface area contributed by atoms with Gasteiger partial charge in [-0.2, -0.15) is 0 Å². The Hall–Kier alpha value is -1.55. The largest absolute Gasteiger partial charge is 0.497 e. The van der Waals surface area contributed by atoms with Gasteiger partial charge in [0.15, 0.2) is 0 Å². The van der Waals surface area contributed by atoms with Crippen LogP contribution in [0, 0.1) is 0 Å². The Morgan fingerprint density at radius 1 is 1.40 bits per heavy atom. The highest BCUT2D eigenvalue weighted by molar-refractivity contribution is 5.67. The maximum atomic E-state index is 10.3. The van der Waals surface area contributed by atoms with Crippen molar-refractivity contribution in [3.05, 3.63) is 29.8 Å². The van der Waals surface area contributed by atoms with Crippen LogP contribution in [0.5, 0.6) is 5.75 Å². The van der Waals surface area contributed by atoms with Crippen LogP contribution in [0.25, 0.3) is 0 Å². The summed E-state index contributed by atoms with van der Waals surface area (Å²) in [6.07, 6.45) is -0.724. The topological polar surface area (TPSA) is 66.8 Å². The Morgan fingerprint density at radius 3 is 2.47 bits per heavy atom. The maximum Gasteiger partial charge on any atom is 0.305 e. The van der Waals surface area contributed by atoms with Gasteiger partial charge in [0, 0.05) is 0 Å². The first-order valence-electron chi connectivity index (χ1n) is 4.64. The normalized spacial score (nSPS) is 12.1. The lowest BCUT2D eigenvalue weighted by Crippen LogP contribution is -2.15. The van der Waals surface area contributed by atoms with Gasteiger partial charge in [-0.05, 0) is 24.1 Å². The third-order valence-corrected chi connectivity index (χ3v) is 2.04. The molecule has 0 fully saturated rings. The molecule has 0 spiro atoms. The molecule has 0 saturated heterocycles. The van der Waals surface area contributed by atoms with Crippen molar-refractivity contribution < 1.29 is 19.7 Å². The zero-order valence-corrected chi connectivity index (χ0v) is 8.51. The van der Waals surface area contributed by atoms with E-state index in [1.807, 2.05) is 12.1 Å². The van der Waals surface area contributed by atoms with Gasteiger partial charge in [-0.15, -0.1) is 0 Å². The molecule has 0 aliphatic heterocycles. The van der Waals surface area contributed by atoms with Gasteiger partial charge in [0.1, 0.15) is 5.75 Å². The molecule has 4 heteroatoms. The Kier molecular flexibility index (Phi) is 4.12. The number of aliphatic hydroxyl groups excluding tert-OH is 1. The first-order chi connectivity index (χ1) is 7.11. The summed E-state index contributed by atoms with van der Waals surface area (Å²) in [5.41, 5.74) is 0.893. The fourth-order valence-electron chi connectivity index (χ4n) is 1.31. The predicted molar refractivity (Wildman–Crippen MR) is 55.0 cm³/mol. The molecule has 1 aromatic carbocycles. The molecular weight excluding hydrogens is 196 g/mol. The number of methoxy groups -OCH3 is 1. The summed E-state index contributed by atoms with van der Waals surface area (Å²) in [5.74, 6) is -0.248. The quantitative estimate of drug-likeness (QED) is 0.763. The van der Waals surface area contributed by atoms with Crippen molar-refractivity contribution in [1.29, 1.82) is 0 Å². The molecular formula is C11H14O4. The molecule has 0 heterocycles. The summed E-state index contributed by atoms with van der Waals surface area (Å²) in [6, 6.07) is 7.18. The van der Waals surface area contributed by atoms with Gasteiger partial charge in [0.2, 0.25) is 0 Å². The monoisotopic (exact) mass is 210 g/mol. The van der Waals surface area contributed by atoms with Crippen LogP contribution in [0.4, 0.5) is 0 Å². The molecule has 4 nitrogen and oxygen atoms in total. The second-order valence-corrected chi connectivity index (χ2v) is 3.30. The minimum atomic E-state index is -0.990. The number of benzene rings is 1. The third kappa shape index (κ3) is 3.99. The third-order valence-electron chi connectivity index (χ3n) is 2.04. The summed E-state index contributed by atoms with van der Waals surface area (Å²) in [7, 11) is 1.58. The molecule has 0 aliphatic carbocycles. The van der Waals surface area contributed by atoms with Crippen LogP contribution >= 0.6 is 0 Å². The molecule has 0 radical (unpaired) electrons. The van der Waals surface area contributed by atoms with Crippen LogP contribution in [0.1, 0.15) is 12.0 Å². The molecule has 0 aromatic heterocycles. The first-order valence-corrected chi connectivity index (χ1v) is 4.64. The van der Waals surface area contributed by atoms with Crippen LogP contribution < -0.4 is 4.74 Å². The summed E-state index contributed by atoms with van der Waals surface area (Å²) in [4.78, 5) is 10.3. The molecule has 0 aliphatic rings. The van der Waals surface area contributed by atoms with Crippen LogP contribution in [0.3, 0.4) is 0 Å². The van der Waals surface area contributed by atoms with Crippen molar-refractivity contribution >= 4 is 5.97 Å². The van der Waals surface area contributed by atoms with Gasteiger partial charge in [-0.1, -0.05) is 12.1 Å². The molecule has 0 bridgehead atoms. The van der Waals surface area contributed by atoms with Crippen molar-refractivity contribution in [2.24, 2.45) is 0 Å². The van der Waals surface area contributed by atoms with Gasteiger partial charge in [0.25, 0.3) is 0 Å². The second-order valence-electron chi connectivity index (χ2n) is 3.30. The van der Waals surface area contributed by atoms with Crippen molar-refractivity contribution in [3.8, 4) is 5.75 Å². The summed E-state index contributed by atoms with van der Waals surface area (Å²) >= 11 is 0. The summed E-state index contributed by atoms with van der Waals surface area (Å²) in [6.45, 7) is 0. The van der Waals surface area contributed by atoms with E-state index in [0.717, 1.165) is 11.3 Å². The average molecular weight is 210 g/mol. The summed E-state index contributed by atoms with van der Waals surface area (Å²) < 4.78 is 4.98. The molecule has 1 aromatic rings. The molecule has 1 unspecified atom stereocenters. The number of hydrogen-bond donors (Lipinski definition) is 2. The zero-order valence-electron chi connectivity index (χ0n) is 8.51. The number of ether oxygens (including phenoxy) is 1. The number of rotatable bonds is 5. The minimum Gasteiger partial charge on any atom is -0.497 e. The molecule has 15 heavy (non-hydrogen) atoms. The van der Waals surface area contributed by atoms with Crippen LogP contribution in [-0.4, -0.2) is 29.4 Å². The zero-order chi connectivity index (χ0) is 11.3. The van der Waals surface area contributed by atoms with E-state index < -0.39 is 12.1 Å². The lowest BCUT2D eigenvalue weighted by molar-refractivity contribution is -0.139. The highest BCUT2D eigenvalue weighted by atomic mass is 16.5. The molecule has 2 N–H and O–H groups in total. The Bertz CT molecular complexity index is 318. The number of carboxylic acid groups (broad SMARTS) is 1. The molecule has 1 atom stereocenters. The Morgan fingerprint density at radius 2 is 2.00 bits per heavy atom. The van der Waals surface area contributed by atoms with E-state index in [4.69, 9.17) is 9.84 Å². The number of aliphatic hydroxyl groups is 1. The Labute approximate surface area is 88.1 Å². The second kappa shape index (κ2) is 5.36. The highest BCUT2D eigenvalue weighted by Gasteiger charge is 2.09. The van der Waals surface area contributed by atoms with E-state index >= 15 is 0 Å². The fourth-order valence-corrected chi connectivity index (χ4v) is 1.31. The number of hydrogen-bond acceptors (Lipinski definition) is 3. The van der Waals surface area contributed by atoms with Crippen molar-refractivity contribution in [2.45, 2.75) is 18.9 Å². The van der Waals surface area contributed by atoms with E-state index in [2.05, 4.69) is 0 Å². The maximum absolute atomic E-state index is 10.3. The average Bonchev–Trinajstić information content (AvgIpc) is 2.17. The smallest absolute Gasteiger partial charge is 0.305 e. The number of carboxylic acids is 1. The van der Waals surface area contributed by atoms with Crippen LogP contribution in [0.15, 0.2) is 24.3 Å². The number of carbonyl (C=O) groups is 1. The SMILES string of the molecule is COc1ccc(CC(O)CC(=O)O)cc1. The lowest BCUT2D eigenvalue weighted by atomic mass is 10.1. The van der Waals surface area contributed by atoms with Crippen LogP contribution in [0.2, 0.25) is 0 Å². The highest BCUT2D eigenvalue weighted by Crippen LogP contribution is 2.13. The van der Waals surface area contributed by atoms with Gasteiger partial charge >= 0.3 is 5.97 Å². The van der Waals surface area contributed by atoms with E-state index in [9.17, 15) is 9.90 Å². The van der Waals surface area contributed by atoms with Crippen molar-refractivity contribution in [2.75, 3.05) is 7.11 Å². The van der Waals surface area contributed by atoms with E-state index in [1.165, 1.54) is 0 Å². The van der Waals surface area contributed by atoms with Crippen molar-refractivity contribution in [3.63, 3.8) is 0 Å². The predicted octanol–water partition coefficient (Wildman–Crippen LogP) is 1.07. The standard InChI is InChI=1S/C11H14O4/c1-15-10-4-2-8(3-5-10)6-9(12)7-11(13)14/h2-5,9,12H,6-7H2,1H3,(H,13,14). The first kappa shape index (κ1) is 11.5.